The number of nitriles is 1. The molecule has 0 aliphatic rings. The second-order valence-corrected chi connectivity index (χ2v) is 3.26. The second kappa shape index (κ2) is 5.03. The summed E-state index contributed by atoms with van der Waals surface area (Å²) in [5.41, 5.74) is -0.0475. The third-order valence-corrected chi connectivity index (χ3v) is 2.09. The molecule has 1 aromatic rings. The molecule has 0 saturated heterocycles. The average molecular weight is 220 g/mol. The van der Waals surface area contributed by atoms with Crippen LogP contribution in [0.4, 0.5) is 0 Å². The quantitative estimate of drug-likeness (QED) is 0.665. The summed E-state index contributed by atoms with van der Waals surface area (Å²) in [6.45, 7) is 1.76. The van der Waals surface area contributed by atoms with Gasteiger partial charge in [0.2, 0.25) is 0 Å². The molecule has 3 N–H and O–H groups in total. The summed E-state index contributed by atoms with van der Waals surface area (Å²) in [7, 11) is 0. The molecule has 16 heavy (non-hydrogen) atoms. The SMILES string of the molecule is CCC(C#N)NC(=O)c1cc(O)ccc1O. The summed E-state index contributed by atoms with van der Waals surface area (Å²) >= 11 is 0. The lowest BCUT2D eigenvalue weighted by Gasteiger charge is -2.10. The largest absolute Gasteiger partial charge is 0.508 e. The maximum absolute atomic E-state index is 11.6. The Kier molecular flexibility index (Phi) is 3.72. The number of phenols is 2. The highest BCUT2D eigenvalue weighted by molar-refractivity contribution is 5.97. The summed E-state index contributed by atoms with van der Waals surface area (Å²) in [6, 6.07) is 4.95. The first-order valence-corrected chi connectivity index (χ1v) is 4.81. The Balaban J connectivity index is 2.89. The number of nitrogens with one attached hydrogen (secondary N) is 1. The molecule has 1 rings (SSSR count). The second-order valence-electron chi connectivity index (χ2n) is 3.26. The minimum Gasteiger partial charge on any atom is -0.508 e. The van der Waals surface area contributed by atoms with Crippen LogP contribution in [0.1, 0.15) is 23.7 Å². The van der Waals surface area contributed by atoms with Gasteiger partial charge in [0.25, 0.3) is 5.91 Å². The van der Waals surface area contributed by atoms with Crippen LogP contribution in [0, 0.1) is 11.3 Å². The lowest BCUT2D eigenvalue weighted by atomic mass is 10.1. The number of amides is 1. The van der Waals surface area contributed by atoms with E-state index in [2.05, 4.69) is 5.32 Å². The minimum atomic E-state index is -0.603. The van der Waals surface area contributed by atoms with Crippen LogP contribution >= 0.6 is 0 Å². The Labute approximate surface area is 92.9 Å². The van der Waals surface area contributed by atoms with Gasteiger partial charge >= 0.3 is 0 Å². The monoisotopic (exact) mass is 220 g/mol. The van der Waals surface area contributed by atoms with Crippen molar-refractivity contribution in [2.45, 2.75) is 19.4 Å². The van der Waals surface area contributed by atoms with E-state index in [0.717, 1.165) is 6.07 Å². The van der Waals surface area contributed by atoms with Gasteiger partial charge in [-0.1, -0.05) is 6.92 Å². The van der Waals surface area contributed by atoms with Crippen molar-refractivity contribution in [2.75, 3.05) is 0 Å². The lowest BCUT2D eigenvalue weighted by Crippen LogP contribution is -2.33. The Morgan fingerprint density at radius 3 is 2.81 bits per heavy atom. The van der Waals surface area contributed by atoms with Crippen LogP contribution in [-0.2, 0) is 0 Å². The van der Waals surface area contributed by atoms with E-state index in [-0.39, 0.29) is 17.1 Å². The maximum atomic E-state index is 11.6. The van der Waals surface area contributed by atoms with Crippen molar-refractivity contribution in [3.63, 3.8) is 0 Å². The summed E-state index contributed by atoms with van der Waals surface area (Å²) in [4.78, 5) is 11.6. The molecule has 1 amide bonds. The maximum Gasteiger partial charge on any atom is 0.256 e. The van der Waals surface area contributed by atoms with Crippen LogP contribution < -0.4 is 5.32 Å². The molecular weight excluding hydrogens is 208 g/mol. The van der Waals surface area contributed by atoms with Crippen molar-refractivity contribution < 1.29 is 15.0 Å². The molecule has 0 bridgehead atoms. The molecule has 0 heterocycles. The van der Waals surface area contributed by atoms with Gasteiger partial charge in [-0.15, -0.1) is 0 Å². The fourth-order valence-electron chi connectivity index (χ4n) is 1.17. The summed E-state index contributed by atoms with van der Waals surface area (Å²) in [6.07, 6.45) is 0.474. The Morgan fingerprint density at radius 2 is 2.25 bits per heavy atom. The predicted molar refractivity (Wildman–Crippen MR) is 56.9 cm³/mol. The number of aromatic hydroxyl groups is 2. The number of rotatable bonds is 3. The zero-order chi connectivity index (χ0) is 12.1. The first-order chi connectivity index (χ1) is 7.58. The molecular formula is C11H12N2O3. The van der Waals surface area contributed by atoms with Gasteiger partial charge in [-0.2, -0.15) is 5.26 Å². The number of carbonyl (C=O) groups excluding carboxylic acids is 1. The number of nitrogens with zero attached hydrogens (tertiary/aromatic N) is 1. The highest BCUT2D eigenvalue weighted by Gasteiger charge is 2.15. The molecule has 1 aromatic carbocycles. The molecule has 0 aliphatic carbocycles. The smallest absolute Gasteiger partial charge is 0.256 e. The van der Waals surface area contributed by atoms with Gasteiger partial charge in [0, 0.05) is 0 Å². The van der Waals surface area contributed by atoms with E-state index in [9.17, 15) is 15.0 Å². The van der Waals surface area contributed by atoms with Gasteiger partial charge in [0.15, 0.2) is 0 Å². The van der Waals surface area contributed by atoms with Crippen LogP contribution in [-0.4, -0.2) is 22.2 Å². The molecule has 0 saturated carbocycles. The number of phenolic OH excluding ortho intramolecular Hbond substituents is 2. The van der Waals surface area contributed by atoms with Gasteiger partial charge < -0.3 is 15.5 Å². The number of benzene rings is 1. The van der Waals surface area contributed by atoms with Crippen LogP contribution in [0.25, 0.3) is 0 Å². The van der Waals surface area contributed by atoms with E-state index in [0.29, 0.717) is 6.42 Å². The fraction of sp³-hybridized carbons (Fsp3) is 0.273. The highest BCUT2D eigenvalue weighted by Crippen LogP contribution is 2.21. The van der Waals surface area contributed by atoms with Gasteiger partial charge in [0.1, 0.15) is 17.5 Å². The lowest BCUT2D eigenvalue weighted by molar-refractivity contribution is 0.0941. The molecule has 1 atom stereocenters. The van der Waals surface area contributed by atoms with Gasteiger partial charge in [-0.05, 0) is 24.6 Å². The standard InChI is InChI=1S/C11H12N2O3/c1-2-7(6-12)13-11(16)9-5-8(14)3-4-10(9)15/h3-5,7,14-15H,2H2,1H3,(H,13,16). The van der Waals surface area contributed by atoms with E-state index >= 15 is 0 Å². The Morgan fingerprint density at radius 1 is 1.56 bits per heavy atom. The number of carbonyl (C=O) groups is 1. The van der Waals surface area contributed by atoms with Crippen molar-refractivity contribution in [1.29, 1.82) is 5.26 Å². The third-order valence-electron chi connectivity index (χ3n) is 2.09. The predicted octanol–water partition coefficient (Wildman–Crippen LogP) is 1.13. The van der Waals surface area contributed by atoms with Gasteiger partial charge in [-0.3, -0.25) is 4.79 Å². The first kappa shape index (κ1) is 11.9. The summed E-state index contributed by atoms with van der Waals surface area (Å²) < 4.78 is 0. The molecule has 84 valence electrons. The summed E-state index contributed by atoms with van der Waals surface area (Å²) in [5, 5.41) is 29.7. The average Bonchev–Trinajstić information content (AvgIpc) is 2.28. The van der Waals surface area contributed by atoms with Crippen molar-refractivity contribution >= 4 is 5.91 Å². The molecule has 0 aliphatic heterocycles. The van der Waals surface area contributed by atoms with E-state index in [4.69, 9.17) is 5.26 Å². The van der Waals surface area contributed by atoms with E-state index in [1.54, 1.807) is 6.92 Å². The minimum absolute atomic E-state index is 0.0475. The summed E-state index contributed by atoms with van der Waals surface area (Å²) in [5.74, 6) is -0.933. The fourth-order valence-corrected chi connectivity index (χ4v) is 1.17. The van der Waals surface area contributed by atoms with Crippen LogP contribution in [0.3, 0.4) is 0 Å². The van der Waals surface area contributed by atoms with Crippen molar-refractivity contribution in [1.82, 2.24) is 5.32 Å². The highest BCUT2D eigenvalue weighted by atomic mass is 16.3. The number of hydrogen-bond donors (Lipinski definition) is 3. The molecule has 5 heteroatoms. The van der Waals surface area contributed by atoms with Crippen LogP contribution in [0.2, 0.25) is 0 Å². The van der Waals surface area contributed by atoms with Gasteiger partial charge in [0.05, 0.1) is 11.6 Å². The van der Waals surface area contributed by atoms with Crippen LogP contribution in [0.5, 0.6) is 11.5 Å². The Hall–Kier alpha value is -2.22. The molecule has 0 fully saturated rings. The van der Waals surface area contributed by atoms with Crippen molar-refractivity contribution in [2.24, 2.45) is 0 Å². The number of hydrogen-bond acceptors (Lipinski definition) is 4. The molecule has 5 nitrogen and oxygen atoms in total. The zero-order valence-electron chi connectivity index (χ0n) is 8.77. The third kappa shape index (κ3) is 2.64. The molecule has 0 radical (unpaired) electrons. The molecule has 1 unspecified atom stereocenters. The Bertz CT molecular complexity index is 437. The van der Waals surface area contributed by atoms with E-state index < -0.39 is 11.9 Å². The van der Waals surface area contributed by atoms with Crippen molar-refractivity contribution in [3.8, 4) is 17.6 Å². The van der Waals surface area contributed by atoms with Crippen molar-refractivity contribution in [3.05, 3.63) is 23.8 Å². The normalized spacial score (nSPS) is 11.5. The van der Waals surface area contributed by atoms with Crippen LogP contribution in [0.15, 0.2) is 18.2 Å². The molecule has 0 aromatic heterocycles. The first-order valence-electron chi connectivity index (χ1n) is 4.81. The zero-order valence-corrected chi connectivity index (χ0v) is 8.77. The topological polar surface area (TPSA) is 93.4 Å². The van der Waals surface area contributed by atoms with E-state index in [1.165, 1.54) is 12.1 Å². The molecule has 0 spiro atoms. The van der Waals surface area contributed by atoms with Gasteiger partial charge in [-0.25, -0.2) is 0 Å². The van der Waals surface area contributed by atoms with E-state index in [1.807, 2.05) is 6.07 Å².